The summed E-state index contributed by atoms with van der Waals surface area (Å²) in [6.07, 6.45) is 0.771. The van der Waals surface area contributed by atoms with Crippen LogP contribution in [0.15, 0.2) is 35.3 Å². The Balaban J connectivity index is 1.91. The fourth-order valence-electron chi connectivity index (χ4n) is 3.20. The lowest BCUT2D eigenvalue weighted by Gasteiger charge is -2.19. The van der Waals surface area contributed by atoms with Crippen molar-refractivity contribution in [2.24, 2.45) is 4.99 Å². The Hall–Kier alpha value is -3.42. The van der Waals surface area contributed by atoms with Crippen molar-refractivity contribution in [3.05, 3.63) is 57.1 Å². The van der Waals surface area contributed by atoms with E-state index >= 15 is 0 Å². The molecule has 0 spiro atoms. The van der Waals surface area contributed by atoms with Gasteiger partial charge in [-0.1, -0.05) is 0 Å². The highest BCUT2D eigenvalue weighted by Crippen LogP contribution is 2.33. The van der Waals surface area contributed by atoms with Crippen molar-refractivity contribution in [3.8, 4) is 17.2 Å². The van der Waals surface area contributed by atoms with Crippen LogP contribution in [0.5, 0.6) is 17.2 Å². The number of aliphatic imine (C=N–C) groups is 1. The lowest BCUT2D eigenvalue weighted by molar-refractivity contribution is -0.385. The van der Waals surface area contributed by atoms with Gasteiger partial charge in [0, 0.05) is 23.7 Å². The fourth-order valence-corrected chi connectivity index (χ4v) is 3.20. The number of ketones is 1. The molecule has 0 N–H and O–H groups in total. The lowest BCUT2D eigenvalue weighted by atomic mass is 9.92. The van der Waals surface area contributed by atoms with Gasteiger partial charge in [0.05, 0.1) is 38.4 Å². The van der Waals surface area contributed by atoms with Crippen LogP contribution in [0.25, 0.3) is 0 Å². The molecule has 3 rings (SSSR count). The van der Waals surface area contributed by atoms with Crippen molar-refractivity contribution < 1.29 is 23.9 Å². The molecule has 0 aliphatic carbocycles. The molecule has 8 nitrogen and oxygen atoms in total. The second-order valence-corrected chi connectivity index (χ2v) is 6.19. The molecule has 0 saturated heterocycles. The zero-order chi connectivity index (χ0) is 20.3. The van der Waals surface area contributed by atoms with Crippen molar-refractivity contribution in [1.82, 2.24) is 0 Å². The number of methoxy groups -OCH3 is 3. The maximum Gasteiger partial charge on any atom is 0.311 e. The summed E-state index contributed by atoms with van der Waals surface area (Å²) in [5.41, 5.74) is 2.48. The smallest absolute Gasteiger partial charge is 0.311 e. The maximum atomic E-state index is 12.8. The molecule has 2 aromatic carbocycles. The van der Waals surface area contributed by atoms with Crippen molar-refractivity contribution in [1.29, 1.82) is 0 Å². The Bertz CT molecular complexity index is 967. The van der Waals surface area contributed by atoms with Gasteiger partial charge in [-0.05, 0) is 36.2 Å². The Morgan fingerprint density at radius 1 is 1.07 bits per heavy atom. The van der Waals surface area contributed by atoms with Crippen LogP contribution < -0.4 is 14.2 Å². The molecule has 0 atom stereocenters. The molecule has 8 heteroatoms. The van der Waals surface area contributed by atoms with Gasteiger partial charge in [0.15, 0.2) is 23.0 Å². The first-order valence-electron chi connectivity index (χ1n) is 8.62. The van der Waals surface area contributed by atoms with E-state index in [1.54, 1.807) is 14.2 Å². The van der Waals surface area contributed by atoms with Gasteiger partial charge >= 0.3 is 5.69 Å². The number of fused-ring (bicyclic) bond motifs is 1. The van der Waals surface area contributed by atoms with Crippen LogP contribution in [0.2, 0.25) is 0 Å². The number of hydrogen-bond acceptors (Lipinski definition) is 7. The molecule has 1 aliphatic rings. The van der Waals surface area contributed by atoms with E-state index in [-0.39, 0.29) is 29.2 Å². The normalized spacial score (nSPS) is 12.6. The van der Waals surface area contributed by atoms with Gasteiger partial charge in [0.1, 0.15) is 0 Å². The van der Waals surface area contributed by atoms with Crippen molar-refractivity contribution in [3.63, 3.8) is 0 Å². The first-order valence-corrected chi connectivity index (χ1v) is 8.62. The second-order valence-electron chi connectivity index (χ2n) is 6.19. The van der Waals surface area contributed by atoms with E-state index in [0.717, 1.165) is 17.5 Å². The van der Waals surface area contributed by atoms with E-state index < -0.39 is 4.92 Å². The minimum atomic E-state index is -0.569. The van der Waals surface area contributed by atoms with E-state index in [1.807, 2.05) is 12.1 Å². The number of carbonyl (C=O) groups excluding carboxylic acids is 1. The topological polar surface area (TPSA) is 100 Å². The number of carbonyl (C=O) groups is 1. The SMILES string of the molecule is COc1cc2c(cc1OC)C(CC(=O)c1ccc(OC)c([N+](=O)[O-])c1)=NCC2. The minimum Gasteiger partial charge on any atom is -0.493 e. The molecule has 0 fully saturated rings. The summed E-state index contributed by atoms with van der Waals surface area (Å²) in [7, 11) is 4.47. The minimum absolute atomic E-state index is 0.0337. The zero-order valence-corrected chi connectivity index (χ0v) is 15.9. The maximum absolute atomic E-state index is 12.8. The third-order valence-corrected chi connectivity index (χ3v) is 4.63. The van der Waals surface area contributed by atoms with Gasteiger partial charge in [-0.2, -0.15) is 0 Å². The van der Waals surface area contributed by atoms with Crippen LogP contribution in [0.4, 0.5) is 5.69 Å². The first-order chi connectivity index (χ1) is 13.5. The lowest BCUT2D eigenvalue weighted by Crippen LogP contribution is -2.17. The summed E-state index contributed by atoms with van der Waals surface area (Å²) >= 11 is 0. The monoisotopic (exact) mass is 384 g/mol. The van der Waals surface area contributed by atoms with Gasteiger partial charge in [0.2, 0.25) is 0 Å². The zero-order valence-electron chi connectivity index (χ0n) is 15.9. The number of ether oxygens (including phenoxy) is 3. The van der Waals surface area contributed by atoms with E-state index in [4.69, 9.17) is 14.2 Å². The molecule has 0 bridgehead atoms. The Labute approximate surface area is 161 Å². The average molecular weight is 384 g/mol. The Morgan fingerprint density at radius 2 is 1.75 bits per heavy atom. The highest BCUT2D eigenvalue weighted by molar-refractivity contribution is 6.17. The largest absolute Gasteiger partial charge is 0.493 e. The molecular weight excluding hydrogens is 364 g/mol. The van der Waals surface area contributed by atoms with E-state index in [1.165, 1.54) is 25.3 Å². The molecule has 0 unspecified atom stereocenters. The molecule has 0 saturated carbocycles. The number of hydrogen-bond donors (Lipinski definition) is 0. The van der Waals surface area contributed by atoms with Crippen LogP contribution in [-0.2, 0) is 6.42 Å². The van der Waals surface area contributed by atoms with E-state index in [0.29, 0.717) is 23.8 Å². The summed E-state index contributed by atoms with van der Waals surface area (Å²) in [6, 6.07) is 7.89. The summed E-state index contributed by atoms with van der Waals surface area (Å²) in [5.74, 6) is 1.04. The van der Waals surface area contributed by atoms with Crippen LogP contribution in [0.1, 0.15) is 27.9 Å². The van der Waals surface area contributed by atoms with Gasteiger partial charge in [-0.3, -0.25) is 19.9 Å². The number of benzene rings is 2. The van der Waals surface area contributed by atoms with Crippen molar-refractivity contribution >= 4 is 17.2 Å². The third kappa shape index (κ3) is 3.66. The highest BCUT2D eigenvalue weighted by Gasteiger charge is 2.23. The molecular formula is C20H20N2O6. The molecule has 1 aliphatic heterocycles. The van der Waals surface area contributed by atoms with Crippen molar-refractivity contribution in [2.45, 2.75) is 12.8 Å². The molecule has 1 heterocycles. The summed E-state index contributed by atoms with van der Waals surface area (Å²) in [5, 5.41) is 11.2. The highest BCUT2D eigenvalue weighted by atomic mass is 16.6. The fraction of sp³-hybridized carbons (Fsp3) is 0.300. The summed E-state index contributed by atoms with van der Waals surface area (Å²) in [6.45, 7) is 0.563. The summed E-state index contributed by atoms with van der Waals surface area (Å²) in [4.78, 5) is 27.9. The standard InChI is InChI=1S/C20H20N2O6/c1-26-18-5-4-13(8-16(18)22(24)25)17(23)11-15-14-10-20(28-3)19(27-2)9-12(14)6-7-21-15/h4-5,8-10H,6-7,11H2,1-3H3. The predicted octanol–water partition coefficient (Wildman–Crippen LogP) is 3.24. The van der Waals surface area contributed by atoms with Crippen LogP contribution in [0, 0.1) is 10.1 Å². The van der Waals surface area contributed by atoms with Crippen LogP contribution in [0.3, 0.4) is 0 Å². The Morgan fingerprint density at radius 3 is 2.39 bits per heavy atom. The summed E-state index contributed by atoms with van der Waals surface area (Å²) < 4.78 is 15.7. The number of rotatable bonds is 7. The van der Waals surface area contributed by atoms with Crippen LogP contribution >= 0.6 is 0 Å². The molecule has 0 aromatic heterocycles. The molecule has 146 valence electrons. The quantitative estimate of drug-likeness (QED) is 0.413. The third-order valence-electron chi connectivity index (χ3n) is 4.63. The van der Waals surface area contributed by atoms with E-state index in [9.17, 15) is 14.9 Å². The van der Waals surface area contributed by atoms with Gasteiger partial charge in [-0.25, -0.2) is 0 Å². The van der Waals surface area contributed by atoms with Gasteiger partial charge < -0.3 is 14.2 Å². The molecule has 0 amide bonds. The molecule has 0 radical (unpaired) electrons. The van der Waals surface area contributed by atoms with Gasteiger partial charge in [-0.15, -0.1) is 0 Å². The number of Topliss-reactive ketones (excluding diaryl/α,β-unsaturated/α-hetero) is 1. The second kappa shape index (κ2) is 8.08. The van der Waals surface area contributed by atoms with Crippen LogP contribution in [-0.4, -0.2) is 44.3 Å². The number of nitrogens with zero attached hydrogens (tertiary/aromatic N) is 2. The predicted molar refractivity (Wildman–Crippen MR) is 103 cm³/mol. The van der Waals surface area contributed by atoms with E-state index in [2.05, 4.69) is 4.99 Å². The van der Waals surface area contributed by atoms with Gasteiger partial charge in [0.25, 0.3) is 0 Å². The van der Waals surface area contributed by atoms with Crippen molar-refractivity contribution in [2.75, 3.05) is 27.9 Å². The molecule has 2 aromatic rings. The number of nitro benzene ring substituents is 1. The molecule has 28 heavy (non-hydrogen) atoms. The average Bonchev–Trinajstić information content (AvgIpc) is 2.72. The first kappa shape index (κ1) is 19.3. The Kier molecular flexibility index (Phi) is 5.58. The number of nitro groups is 1.